The lowest BCUT2D eigenvalue weighted by atomic mass is 10.1. The Balaban J connectivity index is 2.48. The fraction of sp³-hybridized carbons (Fsp3) is 0.200. The second kappa shape index (κ2) is 6.02. The zero-order chi connectivity index (χ0) is 15.6. The smallest absolute Gasteiger partial charge is 0.221 e. The van der Waals surface area contributed by atoms with E-state index in [1.165, 1.54) is 6.20 Å². The van der Waals surface area contributed by atoms with Crippen molar-refractivity contribution in [2.75, 3.05) is 21.2 Å². The quantitative estimate of drug-likeness (QED) is 0.524. The molecule has 0 amide bonds. The van der Waals surface area contributed by atoms with Crippen molar-refractivity contribution in [1.29, 1.82) is 5.26 Å². The number of nitrogens with one attached hydrogen (secondary N) is 1. The number of hydrogen-bond acceptors (Lipinski definition) is 4. The van der Waals surface area contributed by atoms with Crippen molar-refractivity contribution in [2.24, 2.45) is 0 Å². The molecule has 0 atom stereocenters. The van der Waals surface area contributed by atoms with Crippen LogP contribution in [-0.4, -0.2) is 36.9 Å². The Labute approximate surface area is 130 Å². The second-order valence-corrected chi connectivity index (χ2v) is 5.56. The van der Waals surface area contributed by atoms with Crippen molar-refractivity contribution in [3.63, 3.8) is 0 Å². The lowest BCUT2D eigenvalue weighted by Gasteiger charge is -2.04. The lowest BCUT2D eigenvalue weighted by molar-refractivity contribution is 0.103. The number of aromatic nitrogens is 1. The Hall–Kier alpha value is -2.26. The van der Waals surface area contributed by atoms with Gasteiger partial charge in [0.05, 0.1) is 17.3 Å². The van der Waals surface area contributed by atoms with Gasteiger partial charge in [-0.05, 0) is 34.1 Å². The van der Waals surface area contributed by atoms with Crippen molar-refractivity contribution < 1.29 is 9.53 Å². The van der Waals surface area contributed by atoms with Crippen LogP contribution < -0.4 is 4.74 Å². The van der Waals surface area contributed by atoms with Gasteiger partial charge >= 0.3 is 0 Å². The third kappa shape index (κ3) is 3.09. The van der Waals surface area contributed by atoms with E-state index >= 15 is 0 Å². The van der Waals surface area contributed by atoms with Crippen molar-refractivity contribution >= 4 is 32.6 Å². The van der Waals surface area contributed by atoms with Gasteiger partial charge in [-0.25, -0.2) is 0 Å². The molecule has 0 aliphatic rings. The standard InChI is InChI=1S/C15H14BrN3O2/c1-19(2)8-10(7-17)15(20)13-4-9-5-14(21-3)11(16)6-12(9)18-13/h4-6,8,18H,1-3H3. The number of carbonyl (C=O) groups is 1. The summed E-state index contributed by atoms with van der Waals surface area (Å²) in [6, 6.07) is 7.31. The highest BCUT2D eigenvalue weighted by Gasteiger charge is 2.16. The van der Waals surface area contributed by atoms with Crippen LogP contribution in [0.4, 0.5) is 0 Å². The molecule has 1 aromatic carbocycles. The minimum absolute atomic E-state index is 0.0811. The maximum Gasteiger partial charge on any atom is 0.221 e. The SMILES string of the molecule is COc1cc2cc(C(=O)C(C#N)=CN(C)C)[nH]c2cc1Br. The van der Waals surface area contributed by atoms with E-state index < -0.39 is 0 Å². The monoisotopic (exact) mass is 347 g/mol. The van der Waals surface area contributed by atoms with Gasteiger partial charge < -0.3 is 14.6 Å². The predicted molar refractivity (Wildman–Crippen MR) is 84.3 cm³/mol. The largest absolute Gasteiger partial charge is 0.496 e. The highest BCUT2D eigenvalue weighted by Crippen LogP contribution is 2.30. The van der Waals surface area contributed by atoms with Crippen molar-refractivity contribution in [3.05, 3.63) is 40.1 Å². The summed E-state index contributed by atoms with van der Waals surface area (Å²) in [6.45, 7) is 0. The first-order chi connectivity index (χ1) is 9.96. The van der Waals surface area contributed by atoms with Crippen LogP contribution in [0, 0.1) is 11.3 Å². The van der Waals surface area contributed by atoms with E-state index in [2.05, 4.69) is 20.9 Å². The number of hydrogen-bond donors (Lipinski definition) is 1. The molecule has 2 rings (SSSR count). The van der Waals surface area contributed by atoms with Crippen LogP contribution in [0.25, 0.3) is 10.9 Å². The highest BCUT2D eigenvalue weighted by molar-refractivity contribution is 9.10. The number of halogens is 1. The Morgan fingerprint density at radius 2 is 2.14 bits per heavy atom. The van der Waals surface area contributed by atoms with E-state index in [-0.39, 0.29) is 11.4 Å². The molecular weight excluding hydrogens is 334 g/mol. The topological polar surface area (TPSA) is 69.1 Å². The predicted octanol–water partition coefficient (Wildman–Crippen LogP) is 3.09. The van der Waals surface area contributed by atoms with Gasteiger partial charge in [-0.2, -0.15) is 5.26 Å². The third-order valence-corrected chi connectivity index (χ3v) is 3.51. The third-order valence-electron chi connectivity index (χ3n) is 2.89. The van der Waals surface area contributed by atoms with E-state index in [4.69, 9.17) is 10.00 Å². The lowest BCUT2D eigenvalue weighted by Crippen LogP contribution is -2.09. The van der Waals surface area contributed by atoms with Gasteiger partial charge in [-0.15, -0.1) is 0 Å². The number of nitrogens with zero attached hydrogens (tertiary/aromatic N) is 2. The number of Topliss-reactive ketones (excluding diaryl/α,β-unsaturated/α-hetero) is 1. The Kier molecular flexibility index (Phi) is 4.34. The van der Waals surface area contributed by atoms with Gasteiger partial charge in [0.2, 0.25) is 5.78 Å². The molecule has 108 valence electrons. The maximum absolute atomic E-state index is 12.3. The van der Waals surface area contributed by atoms with Gasteiger partial charge in [0.25, 0.3) is 0 Å². The Morgan fingerprint density at radius 3 is 2.71 bits per heavy atom. The molecule has 0 unspecified atom stereocenters. The molecule has 0 bridgehead atoms. The zero-order valence-electron chi connectivity index (χ0n) is 11.9. The number of ketones is 1. The number of rotatable bonds is 4. The number of nitriles is 1. The van der Waals surface area contributed by atoms with E-state index in [9.17, 15) is 4.79 Å². The summed E-state index contributed by atoms with van der Waals surface area (Å²) in [5.74, 6) is 0.349. The Bertz CT molecular complexity index is 769. The number of aromatic amines is 1. The van der Waals surface area contributed by atoms with Crippen molar-refractivity contribution in [2.45, 2.75) is 0 Å². The summed E-state index contributed by atoms with van der Waals surface area (Å²) in [5, 5.41) is 9.95. The molecule has 0 spiro atoms. The van der Waals surface area contributed by atoms with Crippen molar-refractivity contribution in [1.82, 2.24) is 9.88 Å². The van der Waals surface area contributed by atoms with Crippen LogP contribution in [-0.2, 0) is 0 Å². The molecule has 6 heteroatoms. The zero-order valence-corrected chi connectivity index (χ0v) is 13.5. The molecule has 0 saturated heterocycles. The Morgan fingerprint density at radius 1 is 1.43 bits per heavy atom. The molecule has 0 fully saturated rings. The summed E-state index contributed by atoms with van der Waals surface area (Å²) in [5.41, 5.74) is 1.26. The van der Waals surface area contributed by atoms with Crippen LogP contribution in [0.2, 0.25) is 0 Å². The van der Waals surface area contributed by atoms with Crippen LogP contribution in [0.3, 0.4) is 0 Å². The first-order valence-corrected chi connectivity index (χ1v) is 6.95. The van der Waals surface area contributed by atoms with Gasteiger partial charge in [0, 0.05) is 31.2 Å². The van der Waals surface area contributed by atoms with E-state index in [1.807, 2.05) is 18.2 Å². The van der Waals surface area contributed by atoms with Gasteiger partial charge in [0.1, 0.15) is 17.4 Å². The summed E-state index contributed by atoms with van der Waals surface area (Å²) in [7, 11) is 5.11. The molecule has 2 aromatic rings. The molecule has 1 aromatic heterocycles. The number of methoxy groups -OCH3 is 1. The fourth-order valence-electron chi connectivity index (χ4n) is 1.95. The second-order valence-electron chi connectivity index (χ2n) is 4.70. The fourth-order valence-corrected chi connectivity index (χ4v) is 2.46. The van der Waals surface area contributed by atoms with Crippen LogP contribution in [0.15, 0.2) is 34.4 Å². The number of fused-ring (bicyclic) bond motifs is 1. The highest BCUT2D eigenvalue weighted by atomic mass is 79.9. The average molecular weight is 348 g/mol. The molecular formula is C15H14BrN3O2. The molecule has 0 aliphatic heterocycles. The number of allylic oxidation sites excluding steroid dienone is 1. The summed E-state index contributed by atoms with van der Waals surface area (Å²) in [4.78, 5) is 17.0. The number of carbonyl (C=O) groups excluding carboxylic acids is 1. The minimum atomic E-state index is -0.336. The summed E-state index contributed by atoms with van der Waals surface area (Å²) < 4.78 is 6.02. The van der Waals surface area contributed by atoms with E-state index in [0.717, 1.165) is 15.4 Å². The number of ether oxygens (including phenoxy) is 1. The van der Waals surface area contributed by atoms with E-state index in [0.29, 0.717) is 11.4 Å². The first-order valence-electron chi connectivity index (χ1n) is 6.15. The average Bonchev–Trinajstić information content (AvgIpc) is 2.85. The van der Waals surface area contributed by atoms with Crippen molar-refractivity contribution in [3.8, 4) is 11.8 Å². The van der Waals surface area contributed by atoms with Crippen LogP contribution in [0.1, 0.15) is 10.5 Å². The molecule has 1 heterocycles. The van der Waals surface area contributed by atoms with Gasteiger partial charge in [-0.1, -0.05) is 0 Å². The van der Waals surface area contributed by atoms with E-state index in [1.54, 1.807) is 32.2 Å². The minimum Gasteiger partial charge on any atom is -0.496 e. The molecule has 5 nitrogen and oxygen atoms in total. The molecule has 1 N–H and O–H groups in total. The first kappa shape index (κ1) is 15.1. The molecule has 0 aliphatic carbocycles. The van der Waals surface area contributed by atoms with Crippen LogP contribution >= 0.6 is 15.9 Å². The summed E-state index contributed by atoms with van der Waals surface area (Å²) >= 11 is 3.40. The molecule has 0 radical (unpaired) electrons. The van der Waals surface area contributed by atoms with Gasteiger partial charge in [0.15, 0.2) is 0 Å². The normalized spacial score (nSPS) is 11.3. The maximum atomic E-state index is 12.3. The number of H-pyrrole nitrogens is 1. The molecule has 0 saturated carbocycles. The molecule has 21 heavy (non-hydrogen) atoms. The van der Waals surface area contributed by atoms with Gasteiger partial charge in [-0.3, -0.25) is 4.79 Å². The summed E-state index contributed by atoms with van der Waals surface area (Å²) in [6.07, 6.45) is 1.50. The number of benzene rings is 1. The van der Waals surface area contributed by atoms with Crippen LogP contribution in [0.5, 0.6) is 5.75 Å².